The van der Waals surface area contributed by atoms with Crippen LogP contribution in [0.25, 0.3) is 22.8 Å². The van der Waals surface area contributed by atoms with Gasteiger partial charge in [-0.05, 0) is 19.1 Å². The van der Waals surface area contributed by atoms with Crippen molar-refractivity contribution < 1.29 is 29.4 Å². The first-order valence-corrected chi connectivity index (χ1v) is 7.67. The molecule has 0 saturated heterocycles. The van der Waals surface area contributed by atoms with Gasteiger partial charge < -0.3 is 19.5 Å². The van der Waals surface area contributed by atoms with Crippen molar-refractivity contribution in [2.24, 2.45) is 0 Å². The average molecular weight is 362 g/mol. The fourth-order valence-corrected chi connectivity index (χ4v) is 2.87. The maximum atomic E-state index is 10.1. The Hall–Kier alpha value is -2.94. The lowest BCUT2D eigenvalue weighted by Crippen LogP contribution is -2.36. The van der Waals surface area contributed by atoms with Crippen molar-refractivity contribution in [2.75, 3.05) is 7.11 Å². The maximum Gasteiger partial charge on any atom is 0.300 e. The van der Waals surface area contributed by atoms with Gasteiger partial charge in [0, 0.05) is 28.8 Å². The molecule has 3 rings (SSSR count). The number of phenolic OH excluding ortho intramolecular Hbond substituents is 1. The minimum absolute atomic E-state index is 0.0126. The molecule has 2 aromatic heterocycles. The molecule has 0 saturated carbocycles. The highest BCUT2D eigenvalue weighted by molar-refractivity contribution is 7.80. The van der Waals surface area contributed by atoms with Crippen LogP contribution in [0.4, 0.5) is 0 Å². The summed E-state index contributed by atoms with van der Waals surface area (Å²) >= 11 is 4.27. The van der Waals surface area contributed by atoms with Gasteiger partial charge in [0.2, 0.25) is 5.82 Å². The molecule has 0 aliphatic rings. The number of nitrogens with zero attached hydrogens (tertiary/aromatic N) is 3. The van der Waals surface area contributed by atoms with E-state index < -0.39 is 0 Å². The topological polar surface area (TPSA) is 113 Å². The zero-order chi connectivity index (χ0) is 18.3. The highest BCUT2D eigenvalue weighted by atomic mass is 32.1. The Morgan fingerprint density at radius 3 is 2.60 bits per heavy atom. The van der Waals surface area contributed by atoms with Crippen LogP contribution in [0, 0.1) is 13.8 Å². The number of hydrogen-bond donors (Lipinski definition) is 4. The van der Waals surface area contributed by atoms with Crippen molar-refractivity contribution in [2.45, 2.75) is 18.9 Å². The molecule has 8 nitrogen and oxygen atoms in total. The van der Waals surface area contributed by atoms with Gasteiger partial charge in [0.1, 0.15) is 17.1 Å². The third kappa shape index (κ3) is 2.82. The Morgan fingerprint density at radius 2 is 1.92 bits per heavy atom. The van der Waals surface area contributed by atoms with E-state index in [4.69, 9.17) is 9.26 Å². The van der Waals surface area contributed by atoms with Gasteiger partial charge in [-0.2, -0.15) is 4.98 Å². The molecule has 0 bridgehead atoms. The van der Waals surface area contributed by atoms with Crippen LogP contribution in [0.5, 0.6) is 17.2 Å². The molecule has 3 aromatic rings. The number of thiol groups is 1. The number of aromatic nitrogens is 3. The Labute approximate surface area is 148 Å². The van der Waals surface area contributed by atoms with E-state index in [9.17, 15) is 15.4 Å². The Kier molecular flexibility index (Phi) is 4.17. The first-order valence-electron chi connectivity index (χ1n) is 7.22. The van der Waals surface area contributed by atoms with Crippen molar-refractivity contribution in [1.29, 1.82) is 0 Å². The molecule has 0 amide bonds. The monoisotopic (exact) mass is 362 g/mol. The molecule has 0 unspecified atom stereocenters. The quantitative estimate of drug-likeness (QED) is 0.321. The van der Waals surface area contributed by atoms with Gasteiger partial charge in [0.05, 0.1) is 7.11 Å². The number of benzene rings is 1. The minimum atomic E-state index is -0.0966. The highest BCUT2D eigenvalue weighted by Gasteiger charge is 2.29. The van der Waals surface area contributed by atoms with E-state index in [0.29, 0.717) is 22.4 Å². The molecule has 25 heavy (non-hydrogen) atoms. The SMILES string of the molecule is COc1cc(O)cc(-c2nc(-c3c(C)c(O)c(C)[n+](O)c3S)no2)c1. The summed E-state index contributed by atoms with van der Waals surface area (Å²) < 4.78 is 11.1. The molecule has 0 spiro atoms. The summed E-state index contributed by atoms with van der Waals surface area (Å²) in [7, 11) is 1.48. The lowest BCUT2D eigenvalue weighted by molar-refractivity contribution is -0.935. The predicted octanol–water partition coefficient (Wildman–Crippen LogP) is 2.25. The Bertz CT molecular complexity index is 942. The second kappa shape index (κ2) is 6.17. The van der Waals surface area contributed by atoms with Crippen LogP contribution in [-0.2, 0) is 0 Å². The van der Waals surface area contributed by atoms with Crippen LogP contribution < -0.4 is 9.47 Å². The number of pyridine rings is 1. The Morgan fingerprint density at radius 1 is 1.20 bits per heavy atom. The fourth-order valence-electron chi connectivity index (χ4n) is 2.46. The second-order valence-corrected chi connectivity index (χ2v) is 5.84. The highest BCUT2D eigenvalue weighted by Crippen LogP contribution is 2.34. The van der Waals surface area contributed by atoms with E-state index in [1.807, 2.05) is 0 Å². The summed E-state index contributed by atoms with van der Waals surface area (Å²) in [5.41, 5.74) is 1.49. The van der Waals surface area contributed by atoms with Gasteiger partial charge in [-0.3, -0.25) is 5.21 Å². The molecule has 0 fully saturated rings. The molecular weight excluding hydrogens is 346 g/mol. The molecule has 0 aliphatic heterocycles. The molecule has 1 aromatic carbocycles. The van der Waals surface area contributed by atoms with Crippen molar-refractivity contribution in [3.05, 3.63) is 29.5 Å². The average Bonchev–Trinajstić information content (AvgIpc) is 3.07. The third-order valence-corrected chi connectivity index (χ3v) is 4.25. The van der Waals surface area contributed by atoms with Gasteiger partial charge in [0.25, 0.3) is 16.6 Å². The van der Waals surface area contributed by atoms with Crippen LogP contribution >= 0.6 is 12.6 Å². The second-order valence-electron chi connectivity index (χ2n) is 5.41. The van der Waals surface area contributed by atoms with E-state index in [0.717, 1.165) is 4.73 Å². The number of phenols is 1. The fraction of sp³-hybridized carbons (Fsp3) is 0.188. The predicted molar refractivity (Wildman–Crippen MR) is 89.2 cm³/mol. The van der Waals surface area contributed by atoms with Crippen LogP contribution in [0.2, 0.25) is 0 Å². The molecule has 0 atom stereocenters. The first kappa shape index (κ1) is 16.9. The van der Waals surface area contributed by atoms with Crippen molar-refractivity contribution in [3.8, 4) is 40.1 Å². The van der Waals surface area contributed by atoms with Crippen molar-refractivity contribution >= 4 is 12.6 Å². The Balaban J connectivity index is 2.14. The largest absolute Gasteiger partial charge is 0.508 e. The molecule has 3 N–H and O–H groups in total. The van der Waals surface area contributed by atoms with Gasteiger partial charge in [0.15, 0.2) is 5.75 Å². The summed E-state index contributed by atoms with van der Waals surface area (Å²) in [6, 6.07) is 4.53. The summed E-state index contributed by atoms with van der Waals surface area (Å²) in [6.07, 6.45) is 0. The smallest absolute Gasteiger partial charge is 0.300 e. The third-order valence-electron chi connectivity index (χ3n) is 3.84. The molecule has 130 valence electrons. The lowest BCUT2D eigenvalue weighted by Gasteiger charge is -2.05. The van der Waals surface area contributed by atoms with Crippen molar-refractivity contribution in [1.82, 2.24) is 10.1 Å². The summed E-state index contributed by atoms with van der Waals surface area (Å²) in [5.74, 6) is 0.600. The van der Waals surface area contributed by atoms with Crippen LogP contribution in [0.1, 0.15) is 11.3 Å². The summed E-state index contributed by atoms with van der Waals surface area (Å²) in [4.78, 5) is 4.27. The summed E-state index contributed by atoms with van der Waals surface area (Å²) in [6.45, 7) is 3.21. The van der Waals surface area contributed by atoms with Crippen LogP contribution in [0.3, 0.4) is 0 Å². The molecule has 0 radical (unpaired) electrons. The number of ether oxygens (including phenoxy) is 1. The maximum absolute atomic E-state index is 10.1. The lowest BCUT2D eigenvalue weighted by atomic mass is 10.1. The van der Waals surface area contributed by atoms with E-state index >= 15 is 0 Å². The van der Waals surface area contributed by atoms with Gasteiger partial charge >= 0.3 is 0 Å². The number of rotatable bonds is 3. The standard InChI is InChI=1S/C16H15N3O5S/c1-7-12(16(25)19(22)8(2)13(7)21)14-17-15(24-18-14)9-4-10(20)6-11(5-9)23-3/h4-6,20-22H,1-3H3/p+1. The van der Waals surface area contributed by atoms with E-state index in [2.05, 4.69) is 22.8 Å². The van der Waals surface area contributed by atoms with Gasteiger partial charge in [-0.1, -0.05) is 17.8 Å². The number of aromatic hydroxyl groups is 2. The molecular formula is C16H16N3O5S+. The minimum Gasteiger partial charge on any atom is -0.508 e. The van der Waals surface area contributed by atoms with Gasteiger partial charge in [-0.15, -0.1) is 0 Å². The zero-order valence-electron chi connectivity index (χ0n) is 13.7. The van der Waals surface area contributed by atoms with E-state index in [1.54, 1.807) is 19.9 Å². The van der Waals surface area contributed by atoms with Gasteiger partial charge in [-0.25, -0.2) is 0 Å². The van der Waals surface area contributed by atoms with Crippen LogP contribution in [-0.4, -0.2) is 32.7 Å². The number of hydrogen-bond acceptors (Lipinski definition) is 8. The molecule has 9 heteroatoms. The van der Waals surface area contributed by atoms with Crippen LogP contribution in [0.15, 0.2) is 27.7 Å². The molecule has 0 aliphatic carbocycles. The normalized spacial score (nSPS) is 10.9. The van der Waals surface area contributed by atoms with Crippen molar-refractivity contribution in [3.63, 3.8) is 0 Å². The number of methoxy groups -OCH3 is 1. The molecule has 2 heterocycles. The first-order chi connectivity index (χ1) is 11.8. The summed E-state index contributed by atoms with van der Waals surface area (Å²) in [5, 5.41) is 34.0. The van der Waals surface area contributed by atoms with E-state index in [1.165, 1.54) is 19.2 Å². The zero-order valence-corrected chi connectivity index (χ0v) is 14.6. The van der Waals surface area contributed by atoms with E-state index in [-0.39, 0.29) is 33.9 Å².